The number of methoxy groups -OCH3 is 1. The molecule has 7 heteroatoms. The maximum Gasteiger partial charge on any atom is 0.154 e. The van der Waals surface area contributed by atoms with Crippen LogP contribution in [-0.2, 0) is 9.47 Å². The Morgan fingerprint density at radius 2 is 1.81 bits per heavy atom. The summed E-state index contributed by atoms with van der Waals surface area (Å²) in [6, 6.07) is 0. The van der Waals surface area contributed by atoms with Gasteiger partial charge < -0.3 is 24.8 Å². The molecule has 0 saturated heterocycles. The van der Waals surface area contributed by atoms with Crippen LogP contribution in [0, 0.1) is 0 Å². The molecule has 0 heterocycles. The topological polar surface area (TPSA) is 79.2 Å². The lowest BCUT2D eigenvalue weighted by molar-refractivity contribution is 0.00213. The summed E-state index contributed by atoms with van der Waals surface area (Å²) in [5, 5.41) is 27.1. The smallest absolute Gasteiger partial charge is 0.154 e. The van der Waals surface area contributed by atoms with Crippen LogP contribution in [0.5, 0.6) is 0 Å². The lowest BCUT2D eigenvalue weighted by atomic mass is 10.4. The highest BCUT2D eigenvalue weighted by molar-refractivity contribution is 7.99. The molecule has 0 rings (SSSR count). The van der Waals surface area contributed by atoms with Gasteiger partial charge in [-0.15, -0.1) is 0 Å². The quantitative estimate of drug-likeness (QED) is 0.473. The molecule has 0 bridgehead atoms. The van der Waals surface area contributed by atoms with Crippen molar-refractivity contribution >= 4 is 23.4 Å². The largest absolute Gasteiger partial charge is 0.394 e. The molecule has 3 N–H and O–H groups in total. The van der Waals surface area contributed by atoms with Crippen LogP contribution in [0.2, 0.25) is 0 Å². The summed E-state index contributed by atoms with van der Waals surface area (Å²) < 4.78 is 9.85. The SMILES string of the molecule is COCC(Cl)OCC(O)CSCC(O)CO. The standard InChI is InChI=1S/C9H19ClO5S/c1-14-4-9(10)15-3-8(13)6-16-5-7(12)2-11/h7-9,11-13H,2-6H2,1H3. The molecule has 16 heavy (non-hydrogen) atoms. The maximum atomic E-state index is 9.46. The van der Waals surface area contributed by atoms with E-state index in [4.69, 9.17) is 31.3 Å². The third-order valence-electron chi connectivity index (χ3n) is 1.60. The molecular weight excluding hydrogens is 256 g/mol. The van der Waals surface area contributed by atoms with E-state index in [2.05, 4.69) is 0 Å². The Labute approximate surface area is 105 Å². The Bertz CT molecular complexity index is 163. The molecule has 5 nitrogen and oxygen atoms in total. The predicted molar refractivity (Wildman–Crippen MR) is 63.9 cm³/mol. The van der Waals surface area contributed by atoms with Gasteiger partial charge in [-0.3, -0.25) is 0 Å². The molecule has 3 unspecified atom stereocenters. The zero-order valence-electron chi connectivity index (χ0n) is 9.21. The van der Waals surface area contributed by atoms with Crippen molar-refractivity contribution in [3.05, 3.63) is 0 Å². The number of hydrogen-bond donors (Lipinski definition) is 3. The number of halogens is 1. The molecule has 0 radical (unpaired) electrons. The van der Waals surface area contributed by atoms with E-state index in [-0.39, 0.29) is 19.8 Å². The summed E-state index contributed by atoms with van der Waals surface area (Å²) in [5.41, 5.74) is -0.562. The van der Waals surface area contributed by atoms with Crippen LogP contribution in [0.3, 0.4) is 0 Å². The van der Waals surface area contributed by atoms with Gasteiger partial charge in [0, 0.05) is 18.6 Å². The van der Waals surface area contributed by atoms with Gasteiger partial charge in [-0.25, -0.2) is 0 Å². The second kappa shape index (κ2) is 10.6. The highest BCUT2D eigenvalue weighted by atomic mass is 35.5. The van der Waals surface area contributed by atoms with Gasteiger partial charge in [-0.05, 0) is 0 Å². The number of thioether (sulfide) groups is 1. The molecule has 0 aliphatic heterocycles. The molecule has 0 aromatic rings. The zero-order valence-corrected chi connectivity index (χ0v) is 10.8. The first kappa shape index (κ1) is 16.4. The van der Waals surface area contributed by atoms with Crippen molar-refractivity contribution in [3.8, 4) is 0 Å². The molecular formula is C9H19ClO5S. The first-order chi connectivity index (χ1) is 7.60. The molecule has 0 spiro atoms. The highest BCUT2D eigenvalue weighted by Gasteiger charge is 2.10. The fraction of sp³-hybridized carbons (Fsp3) is 1.00. The summed E-state index contributed by atoms with van der Waals surface area (Å²) in [5.74, 6) is 0.809. The monoisotopic (exact) mass is 274 g/mol. The second-order valence-electron chi connectivity index (χ2n) is 3.23. The predicted octanol–water partition coefficient (Wildman–Crippen LogP) is -0.338. The Morgan fingerprint density at radius 3 is 2.38 bits per heavy atom. The third kappa shape index (κ3) is 9.65. The van der Waals surface area contributed by atoms with E-state index < -0.39 is 17.8 Å². The van der Waals surface area contributed by atoms with Crippen molar-refractivity contribution in [2.45, 2.75) is 17.8 Å². The lowest BCUT2D eigenvalue weighted by Gasteiger charge is -2.14. The van der Waals surface area contributed by atoms with Crippen LogP contribution in [0.15, 0.2) is 0 Å². The summed E-state index contributed by atoms with van der Waals surface area (Å²) >= 11 is 7.04. The minimum absolute atomic E-state index is 0.125. The summed E-state index contributed by atoms with van der Waals surface area (Å²) in [4.78, 5) is 0. The second-order valence-corrected chi connectivity index (χ2v) is 4.79. The van der Waals surface area contributed by atoms with Crippen LogP contribution in [0.1, 0.15) is 0 Å². The van der Waals surface area contributed by atoms with E-state index in [1.165, 1.54) is 18.9 Å². The van der Waals surface area contributed by atoms with Crippen molar-refractivity contribution in [1.29, 1.82) is 0 Å². The normalized spacial score (nSPS) is 17.1. The maximum absolute atomic E-state index is 9.46. The molecule has 0 fully saturated rings. The van der Waals surface area contributed by atoms with Crippen LogP contribution >= 0.6 is 23.4 Å². The first-order valence-electron chi connectivity index (χ1n) is 4.89. The number of rotatable bonds is 10. The minimum Gasteiger partial charge on any atom is -0.394 e. The van der Waals surface area contributed by atoms with E-state index in [0.717, 1.165) is 0 Å². The molecule has 0 aromatic carbocycles. The van der Waals surface area contributed by atoms with Gasteiger partial charge in [0.15, 0.2) is 5.56 Å². The fourth-order valence-corrected chi connectivity index (χ4v) is 1.92. The van der Waals surface area contributed by atoms with Crippen LogP contribution in [0.25, 0.3) is 0 Å². The van der Waals surface area contributed by atoms with Crippen molar-refractivity contribution in [2.24, 2.45) is 0 Å². The van der Waals surface area contributed by atoms with Gasteiger partial charge in [-0.1, -0.05) is 11.6 Å². The van der Waals surface area contributed by atoms with Gasteiger partial charge in [0.05, 0.1) is 32.0 Å². The van der Waals surface area contributed by atoms with Crippen molar-refractivity contribution in [1.82, 2.24) is 0 Å². The number of aliphatic hydroxyl groups is 3. The van der Waals surface area contributed by atoms with Crippen LogP contribution < -0.4 is 0 Å². The molecule has 3 atom stereocenters. The zero-order chi connectivity index (χ0) is 12.4. The van der Waals surface area contributed by atoms with Crippen molar-refractivity contribution < 1.29 is 24.8 Å². The molecule has 0 aromatic heterocycles. The van der Waals surface area contributed by atoms with Crippen molar-refractivity contribution in [3.63, 3.8) is 0 Å². The number of alkyl halides is 1. The minimum atomic E-state index is -0.743. The molecule has 0 aliphatic carbocycles. The van der Waals surface area contributed by atoms with E-state index in [0.29, 0.717) is 11.5 Å². The summed E-state index contributed by atoms with van der Waals surface area (Å²) in [7, 11) is 1.52. The van der Waals surface area contributed by atoms with E-state index in [1.807, 2.05) is 0 Å². The first-order valence-corrected chi connectivity index (χ1v) is 6.48. The molecule has 98 valence electrons. The van der Waals surface area contributed by atoms with E-state index >= 15 is 0 Å². The summed E-state index contributed by atoms with van der Waals surface area (Å²) in [6.07, 6.45) is -1.39. The third-order valence-corrected chi connectivity index (χ3v) is 3.09. The molecule has 0 saturated carbocycles. The Kier molecular flexibility index (Phi) is 10.9. The number of aliphatic hydroxyl groups excluding tert-OH is 3. The lowest BCUT2D eigenvalue weighted by Crippen LogP contribution is -2.24. The Hall–Kier alpha value is 0.440. The molecule has 0 aliphatic rings. The number of hydrogen-bond acceptors (Lipinski definition) is 6. The Balaban J connectivity index is 3.40. The van der Waals surface area contributed by atoms with Gasteiger partial charge in [0.2, 0.25) is 0 Å². The summed E-state index contributed by atoms with van der Waals surface area (Å²) in [6.45, 7) is 0.127. The van der Waals surface area contributed by atoms with Gasteiger partial charge in [-0.2, -0.15) is 11.8 Å². The van der Waals surface area contributed by atoms with Gasteiger partial charge in [0.1, 0.15) is 0 Å². The Morgan fingerprint density at radius 1 is 1.19 bits per heavy atom. The van der Waals surface area contributed by atoms with Crippen molar-refractivity contribution in [2.75, 3.05) is 38.4 Å². The highest BCUT2D eigenvalue weighted by Crippen LogP contribution is 2.07. The average molecular weight is 275 g/mol. The van der Waals surface area contributed by atoms with E-state index in [9.17, 15) is 5.11 Å². The fourth-order valence-electron chi connectivity index (χ4n) is 0.836. The van der Waals surface area contributed by atoms with Gasteiger partial charge in [0.25, 0.3) is 0 Å². The number of ether oxygens (including phenoxy) is 2. The molecule has 0 amide bonds. The van der Waals surface area contributed by atoms with Crippen LogP contribution in [0.4, 0.5) is 0 Å². The average Bonchev–Trinajstić information content (AvgIpc) is 2.26. The van der Waals surface area contributed by atoms with E-state index in [1.54, 1.807) is 0 Å². The van der Waals surface area contributed by atoms with Crippen LogP contribution in [-0.4, -0.2) is 71.5 Å². The van der Waals surface area contributed by atoms with Gasteiger partial charge >= 0.3 is 0 Å².